The Labute approximate surface area is 195 Å². The first-order valence-electron chi connectivity index (χ1n) is 6.22. The Kier molecular flexibility index (Phi) is 12.8. The van der Waals surface area contributed by atoms with E-state index in [0.717, 1.165) is 0 Å². The van der Waals surface area contributed by atoms with Gasteiger partial charge in [-0.1, -0.05) is 18.2 Å². The molecule has 3 N–H and O–H groups in total. The van der Waals surface area contributed by atoms with Crippen molar-refractivity contribution in [1.29, 1.82) is 0 Å². The zero-order valence-electron chi connectivity index (χ0n) is 12.4. The number of hydrogen-bond donors (Lipinski definition) is 3. The van der Waals surface area contributed by atoms with Crippen molar-refractivity contribution in [2.45, 2.75) is 0 Å². The summed E-state index contributed by atoms with van der Waals surface area (Å²) in [4.78, 5) is 31.4. The molecular weight excluding hydrogens is 524 g/mol. The van der Waals surface area contributed by atoms with Crippen LogP contribution in [0, 0.1) is 49.4 Å². The average molecular weight is 536 g/mol. The Morgan fingerprint density at radius 1 is 0.600 bits per heavy atom. The monoisotopic (exact) mass is 537 g/mol. The van der Waals surface area contributed by atoms with Gasteiger partial charge in [0.05, 0.1) is 0 Å². The van der Waals surface area contributed by atoms with E-state index in [2.05, 4.69) is 0 Å². The van der Waals surface area contributed by atoms with Crippen LogP contribution in [-0.2, 0) is 0 Å². The molecule has 0 aliphatic carbocycles. The van der Waals surface area contributed by atoms with Crippen molar-refractivity contribution in [1.82, 2.24) is 0 Å². The molecule has 3 aromatic rings. The summed E-state index contributed by atoms with van der Waals surface area (Å²) in [6, 6.07) is 9.88. The first-order chi connectivity index (χ1) is 11.4. The van der Waals surface area contributed by atoms with Crippen molar-refractivity contribution in [2.75, 3.05) is 0 Å². The Morgan fingerprint density at radius 3 is 0.920 bits per heavy atom. The van der Waals surface area contributed by atoms with Gasteiger partial charge < -0.3 is 15.3 Å². The van der Waals surface area contributed by atoms with E-state index in [0.29, 0.717) is 14.6 Å². The van der Waals surface area contributed by atoms with Gasteiger partial charge in [0.25, 0.3) is 0 Å². The van der Waals surface area contributed by atoms with E-state index < -0.39 is 17.9 Å². The molecule has 25 heavy (non-hydrogen) atoms. The third kappa shape index (κ3) is 9.98. The van der Waals surface area contributed by atoms with Crippen LogP contribution in [0.5, 0.6) is 0 Å². The summed E-state index contributed by atoms with van der Waals surface area (Å²) >= 11 is 3.69. The number of thiophene rings is 3. The fraction of sp³-hybridized carbons (Fsp3) is 0. The smallest absolute Gasteiger partial charge is 0.345 e. The van der Waals surface area contributed by atoms with E-state index in [9.17, 15) is 14.4 Å². The largest absolute Gasteiger partial charge is 0.477 e. The van der Waals surface area contributed by atoms with E-state index >= 15 is 0 Å². The Bertz CT molecular complexity index is 646. The standard InChI is InChI=1S/3C5H4O2S.Eu/c3*6-5(7)4-2-1-3-8-4;/h3*1-3H,(H,6,7);. The molecule has 133 valence electrons. The zero-order chi connectivity index (χ0) is 17.9. The molecule has 0 atom stereocenters. The van der Waals surface area contributed by atoms with Crippen LogP contribution in [0.4, 0.5) is 0 Å². The molecule has 0 fully saturated rings. The van der Waals surface area contributed by atoms with Crippen molar-refractivity contribution < 1.29 is 79.1 Å². The normalized spacial score (nSPS) is 8.64. The number of aromatic carboxylic acids is 3. The predicted octanol–water partition coefficient (Wildman–Crippen LogP) is 4.34. The van der Waals surface area contributed by atoms with Crippen LogP contribution in [-0.4, -0.2) is 33.2 Å². The molecular formula is C15H12EuO6S3. The summed E-state index contributed by atoms with van der Waals surface area (Å²) in [5.41, 5.74) is 0. The second-order valence-corrected chi connectivity index (χ2v) is 6.69. The molecule has 1 radical (unpaired) electrons. The van der Waals surface area contributed by atoms with Crippen LogP contribution in [0.25, 0.3) is 0 Å². The SMILES string of the molecule is O=C(O)c1cccs1.O=C(O)c1cccs1.O=C(O)c1cccs1.[Eu]. The van der Waals surface area contributed by atoms with Gasteiger partial charge in [-0.05, 0) is 34.3 Å². The van der Waals surface area contributed by atoms with E-state index in [-0.39, 0.29) is 49.4 Å². The minimum Gasteiger partial charge on any atom is -0.477 e. The Hall–Kier alpha value is -0.906. The maximum absolute atomic E-state index is 10.1. The fourth-order valence-electron chi connectivity index (χ4n) is 1.20. The van der Waals surface area contributed by atoms with Gasteiger partial charge in [-0.3, -0.25) is 0 Å². The number of carboxylic acids is 3. The summed E-state index contributed by atoms with van der Waals surface area (Å²) < 4.78 is 0. The van der Waals surface area contributed by atoms with Crippen LogP contribution in [0.2, 0.25) is 0 Å². The van der Waals surface area contributed by atoms with E-state index in [1.54, 1.807) is 52.5 Å². The molecule has 6 nitrogen and oxygen atoms in total. The molecule has 0 spiro atoms. The Balaban J connectivity index is 0.000000339. The maximum atomic E-state index is 10.1. The molecule has 0 unspecified atom stereocenters. The number of carboxylic acid groups (broad SMARTS) is 3. The first-order valence-corrected chi connectivity index (χ1v) is 8.86. The van der Waals surface area contributed by atoms with Gasteiger partial charge in [0, 0.05) is 49.4 Å². The van der Waals surface area contributed by atoms with Crippen molar-refractivity contribution in [3.63, 3.8) is 0 Å². The third-order valence-corrected chi connectivity index (χ3v) is 4.77. The zero-order valence-corrected chi connectivity index (χ0v) is 17.2. The summed E-state index contributed by atoms with van der Waals surface area (Å²) in [7, 11) is 0. The maximum Gasteiger partial charge on any atom is 0.345 e. The number of hydrogen-bond acceptors (Lipinski definition) is 6. The molecule has 0 aromatic carbocycles. The van der Waals surface area contributed by atoms with Gasteiger partial charge in [-0.2, -0.15) is 0 Å². The van der Waals surface area contributed by atoms with Gasteiger partial charge in [-0.15, -0.1) is 34.0 Å². The number of carbonyl (C=O) groups is 3. The molecule has 0 amide bonds. The van der Waals surface area contributed by atoms with E-state index in [1.165, 1.54) is 34.0 Å². The summed E-state index contributed by atoms with van der Waals surface area (Å²) in [5.74, 6) is -2.54. The molecule has 0 aliphatic heterocycles. The van der Waals surface area contributed by atoms with Crippen molar-refractivity contribution in [3.8, 4) is 0 Å². The van der Waals surface area contributed by atoms with Gasteiger partial charge >= 0.3 is 17.9 Å². The topological polar surface area (TPSA) is 112 Å². The van der Waals surface area contributed by atoms with Crippen LogP contribution < -0.4 is 0 Å². The number of rotatable bonds is 3. The average Bonchev–Trinajstić information content (AvgIpc) is 3.29. The minimum atomic E-state index is -0.847. The third-order valence-electron chi connectivity index (χ3n) is 2.20. The second kappa shape index (κ2) is 13.3. The van der Waals surface area contributed by atoms with Crippen LogP contribution in [0.3, 0.4) is 0 Å². The Morgan fingerprint density at radius 2 is 0.840 bits per heavy atom. The molecule has 0 bridgehead atoms. The summed E-state index contributed by atoms with van der Waals surface area (Å²) in [6.07, 6.45) is 0. The summed E-state index contributed by atoms with van der Waals surface area (Å²) in [6.45, 7) is 0. The quantitative estimate of drug-likeness (QED) is 0.459. The first kappa shape index (κ1) is 24.1. The molecule has 0 saturated heterocycles. The fourth-order valence-corrected chi connectivity index (χ4v) is 2.89. The van der Waals surface area contributed by atoms with Crippen LogP contribution in [0.1, 0.15) is 29.0 Å². The molecule has 0 saturated carbocycles. The minimum absolute atomic E-state index is 0. The van der Waals surface area contributed by atoms with Gasteiger partial charge in [0.15, 0.2) is 0 Å². The molecule has 0 aliphatic rings. The van der Waals surface area contributed by atoms with Crippen molar-refractivity contribution in [3.05, 3.63) is 67.2 Å². The predicted molar refractivity (Wildman–Crippen MR) is 93.8 cm³/mol. The second-order valence-electron chi connectivity index (χ2n) is 3.85. The van der Waals surface area contributed by atoms with Crippen molar-refractivity contribution >= 4 is 51.9 Å². The van der Waals surface area contributed by atoms with E-state index in [4.69, 9.17) is 15.3 Å². The molecule has 3 aromatic heterocycles. The van der Waals surface area contributed by atoms with Crippen LogP contribution in [0.15, 0.2) is 52.5 Å². The van der Waals surface area contributed by atoms with E-state index in [1.807, 2.05) is 0 Å². The van der Waals surface area contributed by atoms with Gasteiger partial charge in [-0.25, -0.2) is 14.4 Å². The molecule has 3 heterocycles. The molecule has 10 heteroatoms. The summed E-state index contributed by atoms with van der Waals surface area (Å²) in [5, 5.41) is 30.1. The van der Waals surface area contributed by atoms with Gasteiger partial charge in [0.2, 0.25) is 0 Å². The van der Waals surface area contributed by atoms with Crippen molar-refractivity contribution in [2.24, 2.45) is 0 Å². The van der Waals surface area contributed by atoms with Gasteiger partial charge in [0.1, 0.15) is 14.6 Å². The molecule has 3 rings (SSSR count). The van der Waals surface area contributed by atoms with Crippen LogP contribution >= 0.6 is 34.0 Å².